The summed E-state index contributed by atoms with van der Waals surface area (Å²) in [5.74, 6) is 0.389. The summed E-state index contributed by atoms with van der Waals surface area (Å²) in [6.45, 7) is 0.505. The van der Waals surface area contributed by atoms with Crippen molar-refractivity contribution in [2.45, 2.75) is 6.54 Å². The van der Waals surface area contributed by atoms with Crippen LogP contribution in [0.2, 0.25) is 0 Å². The monoisotopic (exact) mass is 392 g/mol. The summed E-state index contributed by atoms with van der Waals surface area (Å²) in [4.78, 5) is 24.0. The molecule has 0 saturated carbocycles. The Bertz CT molecular complexity index is 1010. The van der Waals surface area contributed by atoms with E-state index in [1.54, 1.807) is 37.4 Å². The third-order valence-electron chi connectivity index (χ3n) is 4.09. The minimum absolute atomic E-state index is 0.149. The highest BCUT2D eigenvalue weighted by atomic mass is 16.5. The number of benzene rings is 2. The molecule has 1 amide bonds. The van der Waals surface area contributed by atoms with Crippen LogP contribution >= 0.6 is 0 Å². The molecule has 3 rings (SSSR count). The zero-order valence-corrected chi connectivity index (χ0v) is 16.0. The Kier molecular flexibility index (Phi) is 6.36. The van der Waals surface area contributed by atoms with Gasteiger partial charge in [-0.1, -0.05) is 24.3 Å². The number of aromatic nitrogens is 2. The van der Waals surface area contributed by atoms with E-state index in [9.17, 15) is 9.59 Å². The van der Waals surface area contributed by atoms with Crippen LogP contribution in [-0.4, -0.2) is 36.3 Å². The summed E-state index contributed by atoms with van der Waals surface area (Å²) < 4.78 is 9.99. The van der Waals surface area contributed by atoms with E-state index in [1.807, 2.05) is 24.3 Å². The van der Waals surface area contributed by atoms with Gasteiger partial charge < -0.3 is 20.1 Å². The van der Waals surface area contributed by atoms with Crippen molar-refractivity contribution in [1.82, 2.24) is 10.2 Å². The van der Waals surface area contributed by atoms with Crippen molar-refractivity contribution in [3.8, 4) is 5.75 Å². The molecule has 0 bridgehead atoms. The Morgan fingerprint density at radius 2 is 1.79 bits per heavy atom. The number of nitrogens with zero attached hydrogens (tertiary/aromatic N) is 2. The molecule has 0 aliphatic carbocycles. The molecule has 8 nitrogen and oxygen atoms in total. The fourth-order valence-electron chi connectivity index (χ4n) is 2.62. The standard InChI is InChI=1S/C21H20N4O4/c1-28-18-9-4-3-6-15(18)13-22-19-11-10-17(24-25-19)20(26)23-16-8-5-7-14(12-16)21(27)29-2/h3-12H,13H2,1-2H3,(H,22,25)(H,23,26). The first-order valence-corrected chi connectivity index (χ1v) is 8.80. The maximum atomic E-state index is 12.4. The van der Waals surface area contributed by atoms with Gasteiger partial charge in [-0.05, 0) is 36.4 Å². The number of methoxy groups -OCH3 is 2. The molecule has 0 aliphatic heterocycles. The highest BCUT2D eigenvalue weighted by Gasteiger charge is 2.11. The molecule has 2 N–H and O–H groups in total. The number of ether oxygens (including phenoxy) is 2. The topological polar surface area (TPSA) is 102 Å². The summed E-state index contributed by atoms with van der Waals surface area (Å²) in [6.07, 6.45) is 0. The predicted molar refractivity (Wildman–Crippen MR) is 108 cm³/mol. The van der Waals surface area contributed by atoms with Crippen LogP contribution in [0.1, 0.15) is 26.4 Å². The summed E-state index contributed by atoms with van der Waals surface area (Å²) >= 11 is 0. The molecule has 2 aromatic carbocycles. The highest BCUT2D eigenvalue weighted by molar-refractivity contribution is 6.03. The second-order valence-electron chi connectivity index (χ2n) is 6.00. The van der Waals surface area contributed by atoms with Crippen LogP contribution in [0.25, 0.3) is 0 Å². The first kappa shape index (κ1) is 19.8. The van der Waals surface area contributed by atoms with Gasteiger partial charge in [-0.2, -0.15) is 0 Å². The van der Waals surface area contributed by atoms with Crippen molar-refractivity contribution in [2.75, 3.05) is 24.9 Å². The average Bonchev–Trinajstić information content (AvgIpc) is 2.77. The smallest absolute Gasteiger partial charge is 0.337 e. The first-order valence-electron chi connectivity index (χ1n) is 8.80. The lowest BCUT2D eigenvalue weighted by molar-refractivity contribution is 0.0600. The average molecular weight is 392 g/mol. The Morgan fingerprint density at radius 1 is 0.966 bits per heavy atom. The molecule has 1 heterocycles. The zero-order chi connectivity index (χ0) is 20.6. The number of esters is 1. The largest absolute Gasteiger partial charge is 0.496 e. The van der Waals surface area contributed by atoms with E-state index in [-0.39, 0.29) is 5.69 Å². The van der Waals surface area contributed by atoms with Gasteiger partial charge in [0.15, 0.2) is 5.69 Å². The Labute approximate surface area is 167 Å². The lowest BCUT2D eigenvalue weighted by Crippen LogP contribution is -2.15. The fourth-order valence-corrected chi connectivity index (χ4v) is 2.62. The van der Waals surface area contributed by atoms with Gasteiger partial charge in [0.25, 0.3) is 5.91 Å². The maximum absolute atomic E-state index is 12.4. The normalized spacial score (nSPS) is 10.1. The third kappa shape index (κ3) is 5.07. The van der Waals surface area contributed by atoms with Crippen LogP contribution in [0.4, 0.5) is 11.5 Å². The van der Waals surface area contributed by atoms with Crippen LogP contribution in [0.5, 0.6) is 5.75 Å². The van der Waals surface area contributed by atoms with Crippen molar-refractivity contribution in [2.24, 2.45) is 0 Å². The van der Waals surface area contributed by atoms with Gasteiger partial charge >= 0.3 is 5.97 Å². The quantitative estimate of drug-likeness (QED) is 0.596. The molecule has 0 spiro atoms. The molecule has 148 valence electrons. The van der Waals surface area contributed by atoms with Gasteiger partial charge in [-0.15, -0.1) is 10.2 Å². The Balaban J connectivity index is 1.62. The van der Waals surface area contributed by atoms with E-state index < -0.39 is 11.9 Å². The van der Waals surface area contributed by atoms with E-state index in [0.717, 1.165) is 11.3 Å². The molecule has 29 heavy (non-hydrogen) atoms. The third-order valence-corrected chi connectivity index (χ3v) is 4.09. The summed E-state index contributed by atoms with van der Waals surface area (Å²) in [5, 5.41) is 13.8. The van der Waals surface area contributed by atoms with Crippen molar-refractivity contribution in [3.63, 3.8) is 0 Å². The van der Waals surface area contributed by atoms with Gasteiger partial charge in [0, 0.05) is 17.8 Å². The number of nitrogens with one attached hydrogen (secondary N) is 2. The molecular weight excluding hydrogens is 372 g/mol. The van der Waals surface area contributed by atoms with Gasteiger partial charge in [0.2, 0.25) is 0 Å². The van der Waals surface area contributed by atoms with Gasteiger partial charge in [-0.25, -0.2) is 4.79 Å². The molecule has 1 aromatic heterocycles. The first-order chi connectivity index (χ1) is 14.1. The van der Waals surface area contributed by atoms with E-state index in [4.69, 9.17) is 4.74 Å². The van der Waals surface area contributed by atoms with E-state index in [1.165, 1.54) is 13.2 Å². The molecule has 0 aliphatic rings. The SMILES string of the molecule is COC(=O)c1cccc(NC(=O)c2ccc(NCc3ccccc3OC)nn2)c1. The van der Waals surface area contributed by atoms with E-state index >= 15 is 0 Å². The van der Waals surface area contributed by atoms with Gasteiger partial charge in [0.1, 0.15) is 11.6 Å². The molecule has 3 aromatic rings. The van der Waals surface area contributed by atoms with Crippen LogP contribution in [0.15, 0.2) is 60.7 Å². The van der Waals surface area contributed by atoms with Crippen molar-refractivity contribution >= 4 is 23.4 Å². The number of hydrogen-bond donors (Lipinski definition) is 2. The minimum Gasteiger partial charge on any atom is -0.496 e. The molecule has 0 unspecified atom stereocenters. The van der Waals surface area contributed by atoms with Crippen LogP contribution in [0, 0.1) is 0 Å². The number of carbonyl (C=O) groups excluding carboxylic acids is 2. The summed E-state index contributed by atoms with van der Waals surface area (Å²) in [5.41, 5.74) is 1.92. The van der Waals surface area contributed by atoms with E-state index in [2.05, 4.69) is 25.6 Å². The molecule has 0 atom stereocenters. The van der Waals surface area contributed by atoms with E-state index in [0.29, 0.717) is 23.6 Å². The molecule has 0 saturated heterocycles. The Morgan fingerprint density at radius 3 is 2.52 bits per heavy atom. The number of hydrogen-bond acceptors (Lipinski definition) is 7. The molecular formula is C21H20N4O4. The summed E-state index contributed by atoms with van der Waals surface area (Å²) in [7, 11) is 2.92. The zero-order valence-electron chi connectivity index (χ0n) is 16.0. The minimum atomic E-state index is -0.480. The predicted octanol–water partition coefficient (Wildman–Crippen LogP) is 3.14. The van der Waals surface area contributed by atoms with Crippen LogP contribution in [-0.2, 0) is 11.3 Å². The van der Waals surface area contributed by atoms with Gasteiger partial charge in [-0.3, -0.25) is 4.79 Å². The highest BCUT2D eigenvalue weighted by Crippen LogP contribution is 2.18. The lowest BCUT2D eigenvalue weighted by atomic mass is 10.2. The molecule has 0 fully saturated rings. The number of carbonyl (C=O) groups is 2. The van der Waals surface area contributed by atoms with Crippen molar-refractivity contribution < 1.29 is 19.1 Å². The number of rotatable bonds is 7. The fraction of sp³-hybridized carbons (Fsp3) is 0.143. The second-order valence-corrected chi connectivity index (χ2v) is 6.00. The van der Waals surface area contributed by atoms with Crippen LogP contribution < -0.4 is 15.4 Å². The van der Waals surface area contributed by atoms with Gasteiger partial charge in [0.05, 0.1) is 19.8 Å². The Hall–Kier alpha value is -3.94. The van der Waals surface area contributed by atoms with Crippen molar-refractivity contribution in [3.05, 3.63) is 77.5 Å². The number of anilines is 2. The summed E-state index contributed by atoms with van der Waals surface area (Å²) in [6, 6.07) is 17.3. The number of para-hydroxylation sites is 1. The molecule has 8 heteroatoms. The van der Waals surface area contributed by atoms with Crippen molar-refractivity contribution in [1.29, 1.82) is 0 Å². The maximum Gasteiger partial charge on any atom is 0.337 e. The van der Waals surface area contributed by atoms with Crippen LogP contribution in [0.3, 0.4) is 0 Å². The second kappa shape index (κ2) is 9.32. The lowest BCUT2D eigenvalue weighted by Gasteiger charge is -2.10. The molecule has 0 radical (unpaired) electrons. The number of amides is 1.